The Hall–Kier alpha value is -4.17. The molecule has 0 atom stereocenters. The van der Waals surface area contributed by atoms with Gasteiger partial charge in [0.05, 0.1) is 43.4 Å². The number of ether oxygens (including phenoxy) is 1. The molecule has 0 spiro atoms. The molecule has 2 N–H and O–H groups in total. The molecule has 2 aromatic carbocycles. The number of carboxylic acid groups (broad SMARTS) is 1. The molecule has 2 heterocycles. The number of hydrogen-bond donors (Lipinski definition) is 2. The van der Waals surface area contributed by atoms with E-state index in [2.05, 4.69) is 10.3 Å². The minimum absolute atomic E-state index is 0.0766. The van der Waals surface area contributed by atoms with E-state index >= 15 is 0 Å². The van der Waals surface area contributed by atoms with Gasteiger partial charge in [-0.2, -0.15) is 5.10 Å². The van der Waals surface area contributed by atoms with E-state index in [1.165, 1.54) is 0 Å². The predicted molar refractivity (Wildman–Crippen MR) is 137 cm³/mol. The van der Waals surface area contributed by atoms with Crippen LogP contribution < -0.4 is 10.1 Å². The van der Waals surface area contributed by atoms with Crippen LogP contribution in [0, 0.1) is 6.92 Å². The van der Waals surface area contributed by atoms with E-state index in [0.717, 1.165) is 33.8 Å². The number of aliphatic carboxylic acids is 1. The maximum absolute atomic E-state index is 12.3. The second-order valence-corrected chi connectivity index (χ2v) is 8.71. The van der Waals surface area contributed by atoms with Crippen LogP contribution in [0.4, 0.5) is 0 Å². The number of benzene rings is 2. The third-order valence-corrected chi connectivity index (χ3v) is 5.74. The number of carboxylic acids is 1. The molecule has 0 saturated heterocycles. The molecular weight excluding hydrogens is 480 g/mol. The molecule has 4 aromatic rings. The highest BCUT2D eigenvalue weighted by molar-refractivity contribution is 6.30. The Morgan fingerprint density at radius 3 is 2.47 bits per heavy atom. The Bertz CT molecular complexity index is 1360. The first kappa shape index (κ1) is 24.9. The second-order valence-electron chi connectivity index (χ2n) is 8.27. The van der Waals surface area contributed by atoms with Crippen molar-refractivity contribution in [2.75, 3.05) is 13.7 Å². The monoisotopic (exact) mass is 504 g/mol. The average molecular weight is 505 g/mol. The molecule has 1 amide bonds. The molecule has 0 fully saturated rings. The molecule has 0 aliphatic carbocycles. The maximum Gasteiger partial charge on any atom is 0.305 e. The largest absolute Gasteiger partial charge is 0.495 e. The van der Waals surface area contributed by atoms with Crippen LogP contribution in [0.15, 0.2) is 66.9 Å². The molecule has 36 heavy (non-hydrogen) atoms. The zero-order chi connectivity index (χ0) is 25.7. The Balaban J connectivity index is 1.62. The first-order valence-corrected chi connectivity index (χ1v) is 11.6. The van der Waals surface area contributed by atoms with Gasteiger partial charge in [-0.3, -0.25) is 19.3 Å². The number of amides is 1. The van der Waals surface area contributed by atoms with E-state index in [0.29, 0.717) is 22.9 Å². The van der Waals surface area contributed by atoms with E-state index in [4.69, 9.17) is 26.5 Å². The first-order valence-electron chi connectivity index (χ1n) is 11.3. The summed E-state index contributed by atoms with van der Waals surface area (Å²) in [6, 6.07) is 18.6. The fraction of sp³-hybridized carbons (Fsp3) is 0.185. The van der Waals surface area contributed by atoms with Crippen molar-refractivity contribution in [3.8, 4) is 28.4 Å². The lowest BCUT2D eigenvalue weighted by atomic mass is 10.1. The van der Waals surface area contributed by atoms with E-state index in [1.807, 2.05) is 60.1 Å². The maximum atomic E-state index is 12.3. The minimum Gasteiger partial charge on any atom is -0.495 e. The summed E-state index contributed by atoms with van der Waals surface area (Å²) < 4.78 is 7.10. The van der Waals surface area contributed by atoms with Crippen molar-refractivity contribution >= 4 is 23.5 Å². The van der Waals surface area contributed by atoms with Gasteiger partial charge >= 0.3 is 5.97 Å². The van der Waals surface area contributed by atoms with Crippen molar-refractivity contribution in [2.45, 2.75) is 19.9 Å². The molecule has 0 saturated carbocycles. The number of nitrogens with one attached hydrogen (secondary N) is 1. The number of halogens is 1. The fourth-order valence-electron chi connectivity index (χ4n) is 3.74. The molecule has 8 nitrogen and oxygen atoms in total. The topological polar surface area (TPSA) is 106 Å². The molecule has 0 unspecified atom stereocenters. The Morgan fingerprint density at radius 1 is 1.06 bits per heavy atom. The molecule has 184 valence electrons. The van der Waals surface area contributed by atoms with Crippen LogP contribution in [0.25, 0.3) is 22.6 Å². The van der Waals surface area contributed by atoms with Crippen LogP contribution >= 0.6 is 11.6 Å². The third-order valence-electron chi connectivity index (χ3n) is 5.53. The number of nitrogens with zero attached hydrogens (tertiary/aromatic N) is 3. The standard InChI is InChI=1S/C27H25ClN4O4/c1-17-11-20(13-21(28)12-17)24-14-25(23-8-7-22(36-2)15-30-23)32(31-24)16-18-3-5-19(6-4-18)27(35)29-10-9-26(33)34/h3-8,11-15H,9-10,16H2,1-2H3,(H,29,35)(H,33,34). The average Bonchev–Trinajstić information content (AvgIpc) is 3.27. The molecule has 2 aromatic heterocycles. The number of aromatic nitrogens is 3. The van der Waals surface area contributed by atoms with E-state index in [-0.39, 0.29) is 18.9 Å². The second kappa shape index (κ2) is 11.0. The smallest absolute Gasteiger partial charge is 0.305 e. The van der Waals surface area contributed by atoms with Crippen LogP contribution in [-0.2, 0) is 11.3 Å². The highest BCUT2D eigenvalue weighted by atomic mass is 35.5. The Labute approximate surface area is 213 Å². The van der Waals surface area contributed by atoms with Crippen molar-refractivity contribution in [3.05, 3.63) is 88.6 Å². The van der Waals surface area contributed by atoms with Crippen LogP contribution in [0.5, 0.6) is 5.75 Å². The van der Waals surface area contributed by atoms with Gasteiger partial charge in [-0.25, -0.2) is 0 Å². The van der Waals surface area contributed by atoms with Crippen molar-refractivity contribution in [1.82, 2.24) is 20.1 Å². The Morgan fingerprint density at radius 2 is 1.83 bits per heavy atom. The van der Waals surface area contributed by atoms with E-state index in [9.17, 15) is 9.59 Å². The van der Waals surface area contributed by atoms with Crippen LogP contribution in [0.3, 0.4) is 0 Å². The lowest BCUT2D eigenvalue weighted by molar-refractivity contribution is -0.136. The van der Waals surface area contributed by atoms with E-state index in [1.54, 1.807) is 25.4 Å². The van der Waals surface area contributed by atoms with Crippen molar-refractivity contribution in [3.63, 3.8) is 0 Å². The summed E-state index contributed by atoms with van der Waals surface area (Å²) >= 11 is 6.29. The van der Waals surface area contributed by atoms with Crippen molar-refractivity contribution in [1.29, 1.82) is 0 Å². The number of rotatable bonds is 9. The normalized spacial score (nSPS) is 10.8. The summed E-state index contributed by atoms with van der Waals surface area (Å²) in [5.41, 5.74) is 5.65. The first-order chi connectivity index (χ1) is 17.3. The Kier molecular flexibility index (Phi) is 7.65. The van der Waals surface area contributed by atoms with Gasteiger partial charge in [0.15, 0.2) is 0 Å². The molecular formula is C27H25ClN4O4. The van der Waals surface area contributed by atoms with Gasteiger partial charge in [0.25, 0.3) is 5.91 Å². The number of pyridine rings is 1. The van der Waals surface area contributed by atoms with Gasteiger partial charge in [0, 0.05) is 22.7 Å². The molecule has 0 radical (unpaired) electrons. The summed E-state index contributed by atoms with van der Waals surface area (Å²) in [5, 5.41) is 16.8. The van der Waals surface area contributed by atoms with Crippen LogP contribution in [0.2, 0.25) is 5.02 Å². The number of aryl methyl sites for hydroxylation is 1. The van der Waals surface area contributed by atoms with Gasteiger partial charge in [-0.05, 0) is 66.6 Å². The fourth-order valence-corrected chi connectivity index (χ4v) is 4.03. The molecule has 9 heteroatoms. The zero-order valence-electron chi connectivity index (χ0n) is 19.9. The zero-order valence-corrected chi connectivity index (χ0v) is 20.6. The highest BCUT2D eigenvalue weighted by Gasteiger charge is 2.15. The number of hydrogen-bond acceptors (Lipinski definition) is 5. The van der Waals surface area contributed by atoms with Crippen LogP contribution in [0.1, 0.15) is 27.9 Å². The summed E-state index contributed by atoms with van der Waals surface area (Å²) in [6.45, 7) is 2.51. The highest BCUT2D eigenvalue weighted by Crippen LogP contribution is 2.29. The SMILES string of the molecule is COc1ccc(-c2cc(-c3cc(C)cc(Cl)c3)nn2Cc2ccc(C(=O)NCCC(=O)O)cc2)nc1. The lowest BCUT2D eigenvalue weighted by Crippen LogP contribution is -2.25. The number of carbonyl (C=O) groups excluding carboxylic acids is 1. The summed E-state index contributed by atoms with van der Waals surface area (Å²) in [4.78, 5) is 27.4. The molecule has 0 aliphatic rings. The minimum atomic E-state index is -0.959. The van der Waals surface area contributed by atoms with Gasteiger partial charge in [-0.15, -0.1) is 0 Å². The van der Waals surface area contributed by atoms with Gasteiger partial charge < -0.3 is 15.2 Å². The summed E-state index contributed by atoms with van der Waals surface area (Å²) in [5.74, 6) is -0.615. The van der Waals surface area contributed by atoms with Gasteiger partial charge in [0.2, 0.25) is 0 Å². The molecule has 0 bridgehead atoms. The van der Waals surface area contributed by atoms with Crippen molar-refractivity contribution < 1.29 is 19.4 Å². The number of methoxy groups -OCH3 is 1. The van der Waals surface area contributed by atoms with E-state index < -0.39 is 5.97 Å². The molecule has 0 aliphatic heterocycles. The number of carbonyl (C=O) groups is 2. The predicted octanol–water partition coefficient (Wildman–Crippen LogP) is 4.84. The van der Waals surface area contributed by atoms with Crippen molar-refractivity contribution in [2.24, 2.45) is 0 Å². The third kappa shape index (κ3) is 6.09. The summed E-state index contributed by atoms with van der Waals surface area (Å²) in [6.07, 6.45) is 1.54. The van der Waals surface area contributed by atoms with Gasteiger partial charge in [-0.1, -0.05) is 23.7 Å². The lowest BCUT2D eigenvalue weighted by Gasteiger charge is -2.09. The quantitative estimate of drug-likeness (QED) is 0.338. The van der Waals surface area contributed by atoms with Gasteiger partial charge in [0.1, 0.15) is 5.75 Å². The molecule has 4 rings (SSSR count). The summed E-state index contributed by atoms with van der Waals surface area (Å²) in [7, 11) is 1.59. The van der Waals surface area contributed by atoms with Crippen LogP contribution in [-0.4, -0.2) is 45.4 Å².